The van der Waals surface area contributed by atoms with Crippen molar-refractivity contribution >= 4 is 17.1 Å². The van der Waals surface area contributed by atoms with Crippen molar-refractivity contribution in [1.29, 1.82) is 0 Å². The van der Waals surface area contributed by atoms with Gasteiger partial charge in [0.25, 0.3) is 0 Å². The molecule has 0 radical (unpaired) electrons. The molecule has 0 N–H and O–H groups in total. The summed E-state index contributed by atoms with van der Waals surface area (Å²) in [6.45, 7) is 74.0. The van der Waals surface area contributed by atoms with Crippen molar-refractivity contribution in [3.05, 3.63) is 149 Å². The maximum Gasteiger partial charge on any atom is 0.155 e. The molecule has 0 fully saturated rings. The van der Waals surface area contributed by atoms with E-state index < -0.39 is 0 Å². The molecule has 3 heterocycles. The normalized spacial score (nSPS) is 10.6. The lowest BCUT2D eigenvalue weighted by atomic mass is 9.87. The van der Waals surface area contributed by atoms with Gasteiger partial charge in [-0.25, -0.2) is 9.97 Å². The van der Waals surface area contributed by atoms with E-state index in [1.54, 1.807) is 36.1 Å². The van der Waals surface area contributed by atoms with Crippen LogP contribution in [0, 0.1) is 5.41 Å². The Morgan fingerprint density at radius 3 is 1.19 bits per heavy atom. The molecule has 0 aliphatic heterocycles. The minimum atomic E-state index is -0.189. The number of nitrogens with zero attached hydrogens (tertiary/aromatic N) is 2. The van der Waals surface area contributed by atoms with Crippen molar-refractivity contribution in [2.24, 2.45) is 5.41 Å². The zero-order chi connectivity index (χ0) is 67.3. The molecular formula is C73H132N2O8S. The number of para-hydroxylation sites is 1. The molecule has 0 bridgehead atoms. The Kier molecular flexibility index (Phi) is 59.9. The number of ether oxygens (including phenoxy) is 6. The van der Waals surface area contributed by atoms with Gasteiger partial charge >= 0.3 is 0 Å². The fraction of sp³-hybridized carbons (Fsp3) is 0.630. The van der Waals surface area contributed by atoms with Gasteiger partial charge in [-0.3, -0.25) is 4.79 Å². The summed E-state index contributed by atoms with van der Waals surface area (Å²) in [6.07, 6.45) is 5.09. The molecule has 2 aromatic carbocycles. The standard InChI is InChI=1S/C11H16O.C10H14.C9H14N2O.C9H14O2.C9H14OS.C8H16O.C7H14O2.5C2H6/c1-11(2,3)9-12-10-7-5-4-6-8-10;1-10(2,3)9-7-5-4-6-8-9;1-9(2,3)12-7-8-10-5-4-6-11-8;1-9(2,3)11-7-8-5-4-6-10-8;1-9(2,3)10-7-8-5-4-6-11-8;1-7(2)6-9-8(3,4)5;1-6(8)5-9-7(2,3)4;5*1-2/h4-8H,9H2,1-3H3;4-8H,1-3H3;4-6H,7H2,1-3H3;2*4-6H,7H2,1-3H3;1,6H2,2-5H3;5H2,1-4H3;5*1-2H3. The minimum absolute atomic E-state index is 0.0238. The maximum atomic E-state index is 10.4. The van der Waals surface area contributed by atoms with Gasteiger partial charge in [-0.2, -0.15) is 0 Å². The number of rotatable bonds is 12. The topological polar surface area (TPSA) is 111 Å². The second kappa shape index (κ2) is 53.9. The van der Waals surface area contributed by atoms with Gasteiger partial charge in [0.05, 0.1) is 54.1 Å². The molecule has 0 aliphatic rings. The number of carbonyl (C=O) groups excluding carboxylic acids is 1. The Labute approximate surface area is 524 Å². The summed E-state index contributed by atoms with van der Waals surface area (Å²) in [6, 6.07) is 30.2. The van der Waals surface area contributed by atoms with Crippen LogP contribution in [0.2, 0.25) is 0 Å². The lowest BCUT2D eigenvalue weighted by molar-refractivity contribution is -0.126. The summed E-state index contributed by atoms with van der Waals surface area (Å²) < 4.78 is 37.8. The monoisotopic (exact) mass is 1200 g/mol. The number of furan rings is 1. The molecule has 0 aliphatic carbocycles. The van der Waals surface area contributed by atoms with Crippen LogP contribution in [0.15, 0.2) is 132 Å². The predicted octanol–water partition coefficient (Wildman–Crippen LogP) is 22.4. The first-order valence-electron chi connectivity index (χ1n) is 30.6. The average Bonchev–Trinajstić information content (AvgIpc) is 4.18. The van der Waals surface area contributed by atoms with Crippen LogP contribution in [0.25, 0.3) is 0 Å². The van der Waals surface area contributed by atoms with Crippen molar-refractivity contribution in [2.75, 3.05) is 19.8 Å². The fourth-order valence-electron chi connectivity index (χ4n) is 4.46. The van der Waals surface area contributed by atoms with Gasteiger partial charge in [0, 0.05) is 17.3 Å². The van der Waals surface area contributed by atoms with E-state index in [9.17, 15) is 4.79 Å². The van der Waals surface area contributed by atoms with Crippen molar-refractivity contribution in [1.82, 2.24) is 9.97 Å². The molecule has 10 nitrogen and oxygen atoms in total. The van der Waals surface area contributed by atoms with Crippen LogP contribution < -0.4 is 4.74 Å². The number of benzene rings is 2. The van der Waals surface area contributed by atoms with E-state index in [4.69, 9.17) is 32.8 Å². The molecule has 0 amide bonds. The summed E-state index contributed by atoms with van der Waals surface area (Å²) in [4.78, 5) is 19.7. The van der Waals surface area contributed by atoms with Gasteiger partial charge < -0.3 is 32.8 Å². The number of ketones is 1. The lowest BCUT2D eigenvalue weighted by Crippen LogP contribution is -2.22. The number of aromatic nitrogens is 2. The van der Waals surface area contributed by atoms with Gasteiger partial charge in [0.1, 0.15) is 31.3 Å². The van der Waals surface area contributed by atoms with Crippen molar-refractivity contribution in [3.8, 4) is 5.75 Å². The number of hydrogen-bond acceptors (Lipinski definition) is 11. The fourth-order valence-corrected chi connectivity index (χ4v) is 5.08. The SMILES string of the molecule is C=C(C)COC(C)(C)C.CC.CC.CC.CC.CC.CC(=O)COC(C)(C)C.CC(C)(C)COc1ccccc1.CC(C)(C)OCc1ccco1.CC(C)(C)OCc1cccs1.CC(C)(C)OCc1ncccn1.CC(C)(C)c1ccccc1. The first kappa shape index (κ1) is 93.2. The van der Waals surface area contributed by atoms with E-state index in [0.717, 1.165) is 36.1 Å². The smallest absolute Gasteiger partial charge is 0.155 e. The maximum absolute atomic E-state index is 10.4. The van der Waals surface area contributed by atoms with Gasteiger partial charge in [0.2, 0.25) is 0 Å². The molecule has 11 heteroatoms. The van der Waals surface area contributed by atoms with E-state index in [2.05, 4.69) is 121 Å². The number of thiophene rings is 1. The number of hydrogen-bond donors (Lipinski definition) is 0. The third-order valence-corrected chi connectivity index (χ3v) is 9.07. The largest absolute Gasteiger partial charge is 0.493 e. The van der Waals surface area contributed by atoms with Gasteiger partial charge in [-0.1, -0.05) is 178 Å². The number of carbonyl (C=O) groups is 1. The first-order chi connectivity index (χ1) is 38.8. The van der Waals surface area contributed by atoms with Crippen molar-refractivity contribution in [3.63, 3.8) is 0 Å². The molecular weight excluding hydrogens is 1060 g/mol. The molecule has 0 atom stereocenters. The zero-order valence-electron chi connectivity index (χ0n) is 60.5. The molecule has 488 valence electrons. The van der Waals surface area contributed by atoms with E-state index in [1.807, 2.05) is 208 Å². The Morgan fingerprint density at radius 1 is 0.476 bits per heavy atom. The molecule has 84 heavy (non-hydrogen) atoms. The highest BCUT2D eigenvalue weighted by atomic mass is 32.1. The number of Topliss-reactive ketones (excluding diaryl/α,β-unsaturated/α-hetero) is 1. The average molecular weight is 1200 g/mol. The molecule has 5 rings (SSSR count). The molecule has 0 saturated heterocycles. The van der Waals surface area contributed by atoms with Crippen molar-refractivity contribution < 1.29 is 37.6 Å². The van der Waals surface area contributed by atoms with E-state index in [0.29, 0.717) is 25.2 Å². The zero-order valence-corrected chi connectivity index (χ0v) is 61.3. The molecule has 0 spiro atoms. The van der Waals surface area contributed by atoms with Crippen LogP contribution in [0.1, 0.15) is 251 Å². The quantitative estimate of drug-likeness (QED) is 0.112. The Bertz CT molecular complexity index is 1960. The molecule has 0 saturated carbocycles. The Balaban J connectivity index is -0.000000161. The Hall–Kier alpha value is -4.49. The molecule has 3 aromatic heterocycles. The van der Waals surface area contributed by atoms with Gasteiger partial charge in [0.15, 0.2) is 11.6 Å². The van der Waals surface area contributed by atoms with Crippen LogP contribution in [0.5, 0.6) is 5.75 Å². The highest BCUT2D eigenvalue weighted by Gasteiger charge is 2.14. The second-order valence-electron chi connectivity index (χ2n) is 24.8. The van der Waals surface area contributed by atoms with Crippen LogP contribution in [0.4, 0.5) is 0 Å². The van der Waals surface area contributed by atoms with Crippen molar-refractivity contribution in [2.45, 2.75) is 282 Å². The van der Waals surface area contributed by atoms with Crippen LogP contribution >= 0.6 is 11.3 Å². The van der Waals surface area contributed by atoms with Gasteiger partial charge in [-0.05, 0) is 176 Å². The van der Waals surface area contributed by atoms with E-state index in [-0.39, 0.29) is 45.8 Å². The lowest BCUT2D eigenvalue weighted by Gasteiger charge is -2.19. The third-order valence-electron chi connectivity index (χ3n) is 8.22. The summed E-state index contributed by atoms with van der Waals surface area (Å²) in [5.74, 6) is 2.63. The van der Waals surface area contributed by atoms with Crippen LogP contribution in [-0.4, -0.2) is 63.6 Å². The predicted molar refractivity (Wildman–Crippen MR) is 369 cm³/mol. The third kappa shape index (κ3) is 79.6. The van der Waals surface area contributed by atoms with Crippen LogP contribution in [0.3, 0.4) is 0 Å². The first-order valence-corrected chi connectivity index (χ1v) is 31.5. The minimum Gasteiger partial charge on any atom is -0.493 e. The Morgan fingerprint density at radius 2 is 0.881 bits per heavy atom. The van der Waals surface area contributed by atoms with Gasteiger partial charge in [-0.15, -0.1) is 11.3 Å². The second-order valence-corrected chi connectivity index (χ2v) is 25.8. The molecule has 0 unspecified atom stereocenters. The highest BCUT2D eigenvalue weighted by molar-refractivity contribution is 7.09. The van der Waals surface area contributed by atoms with Crippen LogP contribution in [-0.2, 0) is 53.7 Å². The highest BCUT2D eigenvalue weighted by Crippen LogP contribution is 2.21. The molecule has 5 aromatic rings. The summed E-state index contributed by atoms with van der Waals surface area (Å²) in [5.41, 5.74) is 2.54. The summed E-state index contributed by atoms with van der Waals surface area (Å²) in [5, 5.41) is 2.07. The summed E-state index contributed by atoms with van der Waals surface area (Å²) in [7, 11) is 0. The summed E-state index contributed by atoms with van der Waals surface area (Å²) >= 11 is 1.74. The van der Waals surface area contributed by atoms with E-state index >= 15 is 0 Å². The van der Waals surface area contributed by atoms with E-state index in [1.165, 1.54) is 17.4 Å².